The predicted molar refractivity (Wildman–Crippen MR) is 65.2 cm³/mol. The number of H-pyrrole nitrogens is 1. The van der Waals surface area contributed by atoms with E-state index in [1.54, 1.807) is 18.2 Å². The first-order valence-electron chi connectivity index (χ1n) is 5.87. The van der Waals surface area contributed by atoms with Crippen LogP contribution in [0.15, 0.2) is 4.90 Å². The standard InChI is InChI=1S/C11H19N3O2S/c1-7-5-8(2)14(6-7)17(15,16)11-9(3)12-13-10(11)4/h7-8H,5-6H2,1-4H3,(H,12,13). The average Bonchev–Trinajstić information content (AvgIpc) is 2.70. The fourth-order valence-corrected chi connectivity index (χ4v) is 4.73. The number of rotatable bonds is 2. The number of hydrogen-bond donors (Lipinski definition) is 1. The third-order valence-electron chi connectivity index (χ3n) is 3.35. The van der Waals surface area contributed by atoms with E-state index in [2.05, 4.69) is 17.1 Å². The molecule has 1 N–H and O–H groups in total. The van der Waals surface area contributed by atoms with E-state index in [-0.39, 0.29) is 6.04 Å². The van der Waals surface area contributed by atoms with Crippen LogP contribution in [0.4, 0.5) is 0 Å². The lowest BCUT2D eigenvalue weighted by Gasteiger charge is -2.21. The van der Waals surface area contributed by atoms with Crippen LogP contribution < -0.4 is 0 Å². The minimum absolute atomic E-state index is 0.0729. The van der Waals surface area contributed by atoms with Crippen molar-refractivity contribution in [3.63, 3.8) is 0 Å². The highest BCUT2D eigenvalue weighted by molar-refractivity contribution is 7.89. The minimum Gasteiger partial charge on any atom is -0.281 e. The quantitative estimate of drug-likeness (QED) is 0.872. The zero-order valence-electron chi connectivity index (χ0n) is 10.7. The van der Waals surface area contributed by atoms with Gasteiger partial charge in [-0.1, -0.05) is 6.92 Å². The number of aromatic nitrogens is 2. The Hall–Kier alpha value is -0.880. The second kappa shape index (κ2) is 4.10. The van der Waals surface area contributed by atoms with Gasteiger partial charge in [0.2, 0.25) is 10.0 Å². The van der Waals surface area contributed by atoms with Crippen molar-refractivity contribution >= 4 is 10.0 Å². The number of sulfonamides is 1. The molecule has 0 aromatic carbocycles. The van der Waals surface area contributed by atoms with Gasteiger partial charge in [0.05, 0.1) is 11.4 Å². The van der Waals surface area contributed by atoms with Crippen LogP contribution in [0.1, 0.15) is 31.7 Å². The molecule has 1 fully saturated rings. The molecule has 2 unspecified atom stereocenters. The van der Waals surface area contributed by atoms with Crippen LogP contribution in [0.25, 0.3) is 0 Å². The molecule has 17 heavy (non-hydrogen) atoms. The molecule has 1 aliphatic heterocycles. The molecule has 5 nitrogen and oxygen atoms in total. The Morgan fingerprint density at radius 2 is 2.00 bits per heavy atom. The molecule has 1 saturated heterocycles. The molecule has 0 saturated carbocycles. The van der Waals surface area contributed by atoms with Crippen LogP contribution in [0, 0.1) is 19.8 Å². The summed E-state index contributed by atoms with van der Waals surface area (Å²) in [5, 5.41) is 6.70. The van der Waals surface area contributed by atoms with Crippen molar-refractivity contribution < 1.29 is 8.42 Å². The van der Waals surface area contributed by atoms with Gasteiger partial charge in [0.1, 0.15) is 4.90 Å². The number of nitrogens with one attached hydrogen (secondary N) is 1. The first-order chi connectivity index (χ1) is 7.84. The first kappa shape index (κ1) is 12.6. The van der Waals surface area contributed by atoms with E-state index >= 15 is 0 Å². The SMILES string of the molecule is Cc1n[nH]c(C)c1S(=O)(=O)N1CC(C)CC1C. The summed E-state index contributed by atoms with van der Waals surface area (Å²) < 4.78 is 26.7. The van der Waals surface area contributed by atoms with Gasteiger partial charge in [0.15, 0.2) is 0 Å². The molecule has 96 valence electrons. The molecular weight excluding hydrogens is 238 g/mol. The molecule has 0 amide bonds. The Labute approximate surface area is 102 Å². The van der Waals surface area contributed by atoms with Crippen molar-refractivity contribution in [3.05, 3.63) is 11.4 Å². The summed E-state index contributed by atoms with van der Waals surface area (Å²) in [5.74, 6) is 0.423. The third kappa shape index (κ3) is 1.99. The fourth-order valence-electron chi connectivity index (χ4n) is 2.63. The molecule has 1 aromatic rings. The smallest absolute Gasteiger partial charge is 0.246 e. The maximum absolute atomic E-state index is 12.6. The molecular formula is C11H19N3O2S. The number of aromatic amines is 1. The summed E-state index contributed by atoms with van der Waals surface area (Å²) in [6.07, 6.45) is 0.926. The van der Waals surface area contributed by atoms with Gasteiger partial charge < -0.3 is 0 Å². The fraction of sp³-hybridized carbons (Fsp3) is 0.727. The second-order valence-corrected chi connectivity index (χ2v) is 6.86. The van der Waals surface area contributed by atoms with E-state index < -0.39 is 10.0 Å². The van der Waals surface area contributed by atoms with Crippen LogP contribution in [-0.4, -0.2) is 35.5 Å². The Morgan fingerprint density at radius 3 is 2.41 bits per heavy atom. The lowest BCUT2D eigenvalue weighted by molar-refractivity contribution is 0.405. The van der Waals surface area contributed by atoms with Crippen molar-refractivity contribution in [2.45, 2.75) is 45.1 Å². The zero-order valence-corrected chi connectivity index (χ0v) is 11.5. The number of nitrogens with zero attached hydrogens (tertiary/aromatic N) is 2. The summed E-state index contributed by atoms with van der Waals surface area (Å²) in [5.41, 5.74) is 1.17. The van der Waals surface area contributed by atoms with Crippen molar-refractivity contribution in [2.24, 2.45) is 5.92 Å². The average molecular weight is 257 g/mol. The molecule has 0 spiro atoms. The topological polar surface area (TPSA) is 66.1 Å². The molecule has 6 heteroatoms. The van der Waals surface area contributed by atoms with Crippen LogP contribution in [0.2, 0.25) is 0 Å². The van der Waals surface area contributed by atoms with E-state index in [9.17, 15) is 8.42 Å². The lowest BCUT2D eigenvalue weighted by Crippen LogP contribution is -2.34. The van der Waals surface area contributed by atoms with E-state index in [0.29, 0.717) is 28.7 Å². The van der Waals surface area contributed by atoms with E-state index in [1.807, 2.05) is 6.92 Å². The van der Waals surface area contributed by atoms with E-state index in [1.165, 1.54) is 0 Å². The van der Waals surface area contributed by atoms with Gasteiger partial charge in [-0.3, -0.25) is 5.10 Å². The monoisotopic (exact) mass is 257 g/mol. The normalized spacial score (nSPS) is 26.6. The highest BCUT2D eigenvalue weighted by Crippen LogP contribution is 2.30. The predicted octanol–water partition coefficient (Wildman–Crippen LogP) is 1.45. The maximum Gasteiger partial charge on any atom is 0.246 e. The molecule has 1 aromatic heterocycles. The summed E-state index contributed by atoms with van der Waals surface area (Å²) in [6, 6.07) is 0.0729. The van der Waals surface area contributed by atoms with Gasteiger partial charge in [-0.05, 0) is 33.1 Å². The molecule has 2 rings (SSSR count). The van der Waals surface area contributed by atoms with Crippen molar-refractivity contribution in [1.29, 1.82) is 0 Å². The minimum atomic E-state index is -3.40. The zero-order chi connectivity index (χ0) is 12.8. The largest absolute Gasteiger partial charge is 0.281 e. The molecule has 0 aliphatic carbocycles. The van der Waals surface area contributed by atoms with Crippen LogP contribution in [-0.2, 0) is 10.0 Å². The second-order valence-electron chi connectivity index (χ2n) is 5.03. The summed E-state index contributed by atoms with van der Waals surface area (Å²) in [6.45, 7) is 8.12. The maximum atomic E-state index is 12.6. The molecule has 0 radical (unpaired) electrons. The number of aryl methyl sites for hydroxylation is 2. The lowest BCUT2D eigenvalue weighted by atomic mass is 10.1. The highest BCUT2D eigenvalue weighted by atomic mass is 32.2. The molecule has 1 aliphatic rings. The van der Waals surface area contributed by atoms with Gasteiger partial charge in [-0.25, -0.2) is 8.42 Å². The van der Waals surface area contributed by atoms with Gasteiger partial charge in [-0.2, -0.15) is 9.40 Å². The van der Waals surface area contributed by atoms with E-state index in [0.717, 1.165) is 6.42 Å². The van der Waals surface area contributed by atoms with Crippen molar-refractivity contribution in [1.82, 2.24) is 14.5 Å². The summed E-state index contributed by atoms with van der Waals surface area (Å²) in [4.78, 5) is 0.346. The van der Waals surface area contributed by atoms with Gasteiger partial charge >= 0.3 is 0 Å². The number of hydrogen-bond acceptors (Lipinski definition) is 3. The first-order valence-corrected chi connectivity index (χ1v) is 7.31. The Balaban J connectivity index is 2.44. The van der Waals surface area contributed by atoms with Crippen LogP contribution >= 0.6 is 0 Å². The van der Waals surface area contributed by atoms with Crippen LogP contribution in [0.5, 0.6) is 0 Å². The summed E-state index contributed by atoms with van der Waals surface area (Å²) in [7, 11) is -3.40. The summed E-state index contributed by atoms with van der Waals surface area (Å²) >= 11 is 0. The van der Waals surface area contributed by atoms with E-state index in [4.69, 9.17) is 0 Å². The third-order valence-corrected chi connectivity index (χ3v) is 5.60. The molecule has 2 heterocycles. The highest BCUT2D eigenvalue weighted by Gasteiger charge is 2.38. The molecule has 0 bridgehead atoms. The Bertz CT molecular complexity index is 501. The Morgan fingerprint density at radius 1 is 1.35 bits per heavy atom. The van der Waals surface area contributed by atoms with Gasteiger partial charge in [-0.15, -0.1) is 0 Å². The van der Waals surface area contributed by atoms with Gasteiger partial charge in [0, 0.05) is 12.6 Å². The van der Waals surface area contributed by atoms with Crippen molar-refractivity contribution in [2.75, 3.05) is 6.54 Å². The van der Waals surface area contributed by atoms with Crippen LogP contribution in [0.3, 0.4) is 0 Å². The Kier molecular flexibility index (Phi) is 3.03. The van der Waals surface area contributed by atoms with Gasteiger partial charge in [0.25, 0.3) is 0 Å². The van der Waals surface area contributed by atoms with Crippen molar-refractivity contribution in [3.8, 4) is 0 Å². The molecule has 2 atom stereocenters.